The van der Waals surface area contributed by atoms with Gasteiger partial charge in [-0.2, -0.15) is 0 Å². The molecule has 4 aromatic rings. The molecule has 0 saturated carbocycles. The highest BCUT2D eigenvalue weighted by Crippen LogP contribution is 2.40. The standard InChI is InChI=1S/C24H23N3O3S/c1-26(2)11-6-12-27(23(28)18-10-5-8-16-7-3-4-9-17(16)18)24-25-19-13-20-21(30-15-29-20)14-22(19)31-24/h3-5,7-10,13-14H,6,11-12,15H2,1-2H3. The number of rotatable bonds is 6. The summed E-state index contributed by atoms with van der Waals surface area (Å²) in [6.45, 7) is 1.71. The van der Waals surface area contributed by atoms with Crippen molar-refractivity contribution in [1.82, 2.24) is 9.88 Å². The topological polar surface area (TPSA) is 54.9 Å². The number of carbonyl (C=O) groups is 1. The number of ether oxygens (including phenoxy) is 2. The van der Waals surface area contributed by atoms with E-state index in [9.17, 15) is 4.79 Å². The molecule has 0 radical (unpaired) electrons. The molecular formula is C24H23N3O3S. The van der Waals surface area contributed by atoms with Crippen molar-refractivity contribution in [1.29, 1.82) is 0 Å². The average molecular weight is 434 g/mol. The van der Waals surface area contributed by atoms with Crippen LogP contribution in [0, 0.1) is 0 Å². The molecule has 0 unspecified atom stereocenters. The van der Waals surface area contributed by atoms with Crippen LogP contribution in [0.2, 0.25) is 0 Å². The molecule has 2 heterocycles. The second-order valence-electron chi connectivity index (χ2n) is 7.81. The number of amides is 1. The SMILES string of the molecule is CN(C)CCCN(C(=O)c1cccc2ccccc12)c1nc2cc3c(cc2s1)OCO3. The molecule has 5 rings (SSSR count). The highest BCUT2D eigenvalue weighted by atomic mass is 32.1. The van der Waals surface area contributed by atoms with Crippen molar-refractivity contribution in [3.05, 3.63) is 60.2 Å². The van der Waals surface area contributed by atoms with Gasteiger partial charge in [0.05, 0.1) is 10.2 Å². The largest absolute Gasteiger partial charge is 0.454 e. The average Bonchev–Trinajstić information content (AvgIpc) is 3.39. The normalized spacial score (nSPS) is 12.7. The first-order chi connectivity index (χ1) is 15.1. The van der Waals surface area contributed by atoms with E-state index in [0.29, 0.717) is 23.0 Å². The summed E-state index contributed by atoms with van der Waals surface area (Å²) in [7, 11) is 4.08. The molecule has 0 atom stereocenters. The molecule has 0 spiro atoms. The van der Waals surface area contributed by atoms with Crippen LogP contribution in [0.3, 0.4) is 0 Å². The van der Waals surface area contributed by atoms with Gasteiger partial charge in [0.2, 0.25) is 6.79 Å². The molecule has 1 aromatic heterocycles. The molecule has 0 bridgehead atoms. The molecule has 158 valence electrons. The summed E-state index contributed by atoms with van der Waals surface area (Å²) in [5, 5.41) is 2.70. The first-order valence-corrected chi connectivity index (χ1v) is 11.1. The van der Waals surface area contributed by atoms with E-state index in [1.807, 2.05) is 73.6 Å². The van der Waals surface area contributed by atoms with Crippen LogP contribution in [0.15, 0.2) is 54.6 Å². The third kappa shape index (κ3) is 3.82. The van der Waals surface area contributed by atoms with Crippen molar-refractivity contribution in [3.63, 3.8) is 0 Å². The number of thiazole rings is 1. The van der Waals surface area contributed by atoms with Crippen LogP contribution >= 0.6 is 11.3 Å². The number of aromatic nitrogens is 1. The molecule has 3 aromatic carbocycles. The van der Waals surface area contributed by atoms with E-state index in [1.165, 1.54) is 11.3 Å². The van der Waals surface area contributed by atoms with E-state index in [1.54, 1.807) is 0 Å². The maximum absolute atomic E-state index is 13.7. The van der Waals surface area contributed by atoms with Crippen LogP contribution in [0.4, 0.5) is 5.13 Å². The van der Waals surface area contributed by atoms with Gasteiger partial charge in [-0.3, -0.25) is 9.69 Å². The van der Waals surface area contributed by atoms with Gasteiger partial charge >= 0.3 is 0 Å². The van der Waals surface area contributed by atoms with Crippen LogP contribution in [-0.2, 0) is 0 Å². The van der Waals surface area contributed by atoms with E-state index in [-0.39, 0.29) is 12.7 Å². The molecule has 1 aliphatic rings. The van der Waals surface area contributed by atoms with Crippen molar-refractivity contribution >= 4 is 43.4 Å². The summed E-state index contributed by atoms with van der Waals surface area (Å²) in [6, 6.07) is 17.7. The Labute approximate surface area is 184 Å². The van der Waals surface area contributed by atoms with Crippen molar-refractivity contribution in [2.75, 3.05) is 38.9 Å². The van der Waals surface area contributed by atoms with Gasteiger partial charge < -0.3 is 14.4 Å². The Hall–Kier alpha value is -3.16. The van der Waals surface area contributed by atoms with Crippen LogP contribution in [0.5, 0.6) is 11.5 Å². The van der Waals surface area contributed by atoms with E-state index >= 15 is 0 Å². The van der Waals surface area contributed by atoms with E-state index in [4.69, 9.17) is 14.5 Å². The van der Waals surface area contributed by atoms with Crippen molar-refractivity contribution in [3.8, 4) is 11.5 Å². The van der Waals surface area contributed by atoms with Gasteiger partial charge in [-0.05, 0) is 43.9 Å². The molecule has 0 aliphatic carbocycles. The van der Waals surface area contributed by atoms with Gasteiger partial charge in [-0.1, -0.05) is 47.7 Å². The van der Waals surface area contributed by atoms with Crippen molar-refractivity contribution in [2.24, 2.45) is 0 Å². The third-order valence-corrected chi connectivity index (χ3v) is 6.40. The Kier molecular flexibility index (Phi) is 5.21. The van der Waals surface area contributed by atoms with Gasteiger partial charge in [0, 0.05) is 24.2 Å². The predicted octanol–water partition coefficient (Wildman–Crippen LogP) is 4.78. The first-order valence-electron chi connectivity index (χ1n) is 10.2. The number of benzene rings is 3. The maximum Gasteiger partial charge on any atom is 0.260 e. The molecule has 0 N–H and O–H groups in total. The van der Waals surface area contributed by atoms with Crippen molar-refractivity contribution < 1.29 is 14.3 Å². The fraction of sp³-hybridized carbons (Fsp3) is 0.250. The fourth-order valence-electron chi connectivity index (χ4n) is 3.81. The summed E-state index contributed by atoms with van der Waals surface area (Å²) in [5.74, 6) is 1.39. The number of nitrogens with zero attached hydrogens (tertiary/aromatic N) is 3. The van der Waals surface area contributed by atoms with Crippen LogP contribution in [0.25, 0.3) is 21.0 Å². The number of carbonyl (C=O) groups excluding carboxylic acids is 1. The summed E-state index contributed by atoms with van der Waals surface area (Å²) < 4.78 is 12.0. The lowest BCUT2D eigenvalue weighted by atomic mass is 10.0. The van der Waals surface area contributed by atoms with Crippen LogP contribution in [0.1, 0.15) is 16.8 Å². The number of hydrogen-bond donors (Lipinski definition) is 0. The minimum atomic E-state index is -0.0327. The molecular weight excluding hydrogens is 410 g/mol. The summed E-state index contributed by atoms with van der Waals surface area (Å²) in [5.41, 5.74) is 1.50. The Morgan fingerprint density at radius 1 is 1.03 bits per heavy atom. The Morgan fingerprint density at radius 2 is 1.81 bits per heavy atom. The molecule has 6 nitrogen and oxygen atoms in total. The lowest BCUT2D eigenvalue weighted by Crippen LogP contribution is -2.33. The molecule has 7 heteroatoms. The third-order valence-electron chi connectivity index (χ3n) is 5.35. The summed E-state index contributed by atoms with van der Waals surface area (Å²) >= 11 is 1.50. The highest BCUT2D eigenvalue weighted by Gasteiger charge is 2.24. The number of fused-ring (bicyclic) bond motifs is 3. The second kappa shape index (κ2) is 8.17. The number of anilines is 1. The zero-order valence-electron chi connectivity index (χ0n) is 17.5. The highest BCUT2D eigenvalue weighted by molar-refractivity contribution is 7.22. The second-order valence-corrected chi connectivity index (χ2v) is 8.82. The zero-order valence-corrected chi connectivity index (χ0v) is 18.3. The predicted molar refractivity (Wildman–Crippen MR) is 125 cm³/mol. The molecule has 1 aliphatic heterocycles. The fourth-order valence-corrected chi connectivity index (χ4v) is 4.81. The Morgan fingerprint density at radius 3 is 2.65 bits per heavy atom. The minimum absolute atomic E-state index is 0.0327. The summed E-state index contributed by atoms with van der Waals surface area (Å²) in [4.78, 5) is 22.5. The van der Waals surface area contributed by atoms with Gasteiger partial charge in [-0.25, -0.2) is 4.98 Å². The lowest BCUT2D eigenvalue weighted by Gasteiger charge is -2.21. The van der Waals surface area contributed by atoms with E-state index in [0.717, 1.165) is 39.7 Å². The van der Waals surface area contributed by atoms with Gasteiger partial charge in [0.25, 0.3) is 5.91 Å². The summed E-state index contributed by atoms with van der Waals surface area (Å²) in [6.07, 6.45) is 0.849. The van der Waals surface area contributed by atoms with E-state index in [2.05, 4.69) is 4.90 Å². The van der Waals surface area contributed by atoms with Gasteiger partial charge in [-0.15, -0.1) is 0 Å². The Bertz CT molecular complexity index is 1220. The quantitative estimate of drug-likeness (QED) is 0.438. The van der Waals surface area contributed by atoms with Crippen molar-refractivity contribution in [2.45, 2.75) is 6.42 Å². The van der Waals surface area contributed by atoms with Gasteiger partial charge in [0.15, 0.2) is 16.6 Å². The maximum atomic E-state index is 13.7. The molecule has 0 saturated heterocycles. The van der Waals surface area contributed by atoms with E-state index < -0.39 is 0 Å². The van der Waals surface area contributed by atoms with Crippen LogP contribution in [-0.4, -0.2) is 49.8 Å². The van der Waals surface area contributed by atoms with Crippen LogP contribution < -0.4 is 14.4 Å². The lowest BCUT2D eigenvalue weighted by molar-refractivity contribution is 0.0987. The molecule has 31 heavy (non-hydrogen) atoms. The van der Waals surface area contributed by atoms with Gasteiger partial charge in [0.1, 0.15) is 0 Å². The monoisotopic (exact) mass is 433 g/mol. The molecule has 1 amide bonds. The number of hydrogen-bond acceptors (Lipinski definition) is 6. The molecule has 0 fully saturated rings. The first kappa shape index (κ1) is 19.8. The zero-order chi connectivity index (χ0) is 21.4. The smallest absolute Gasteiger partial charge is 0.260 e. The Balaban J connectivity index is 1.55. The minimum Gasteiger partial charge on any atom is -0.454 e.